The van der Waals surface area contributed by atoms with Crippen molar-refractivity contribution in [1.82, 2.24) is 19.6 Å². The molecule has 4 rings (SSSR count). The molecule has 0 spiro atoms. The molecule has 14 nitrogen and oxygen atoms in total. The number of ether oxygens (including phenoxy) is 4. The van der Waals surface area contributed by atoms with E-state index in [2.05, 4.69) is 20.1 Å². The van der Waals surface area contributed by atoms with Crippen LogP contribution in [0.4, 0.5) is 0 Å². The normalized spacial score (nSPS) is 19.8. The fraction of sp³-hybridized carbons (Fsp3) is 0.783. The summed E-state index contributed by atoms with van der Waals surface area (Å²) in [6.07, 6.45) is 17.5. The van der Waals surface area contributed by atoms with Crippen LogP contribution in [-0.4, -0.2) is 126 Å². The van der Waals surface area contributed by atoms with Gasteiger partial charge < -0.3 is 38.5 Å². The number of hydrogen-bond donors (Lipinski definition) is 0. The van der Waals surface area contributed by atoms with Crippen LogP contribution < -0.4 is 0 Å². The molecule has 4 heterocycles. The number of esters is 2. The monoisotopic (exact) mass is 847 g/mol. The minimum Gasteiger partial charge on any atom is -0.463 e. The summed E-state index contributed by atoms with van der Waals surface area (Å²) < 4.78 is 21.7. The first-order chi connectivity index (χ1) is 28.6. The average Bonchev–Trinajstić information content (AvgIpc) is 3.76. The van der Waals surface area contributed by atoms with Gasteiger partial charge in [-0.1, -0.05) is 45.8 Å². The fourth-order valence-corrected chi connectivity index (χ4v) is 7.71. The van der Waals surface area contributed by atoms with Gasteiger partial charge in [-0.2, -0.15) is 0 Å². The van der Waals surface area contributed by atoms with Crippen molar-refractivity contribution in [3.63, 3.8) is 0 Å². The van der Waals surface area contributed by atoms with E-state index in [1.807, 2.05) is 32.6 Å². The Hall–Kier alpha value is -3.78. The summed E-state index contributed by atoms with van der Waals surface area (Å²) in [6, 6.07) is 0.0541. The Bertz CT molecular complexity index is 1390. The first kappa shape index (κ1) is 52.4. The number of hydrogen-bond acceptors (Lipinski definition) is 10. The van der Waals surface area contributed by atoms with Crippen LogP contribution in [0, 0.1) is 5.41 Å². The third kappa shape index (κ3) is 19.3. The second kappa shape index (κ2) is 28.7. The van der Waals surface area contributed by atoms with E-state index >= 15 is 0 Å². The lowest BCUT2D eigenvalue weighted by Crippen LogP contribution is -2.44. The second-order valence-corrected chi connectivity index (χ2v) is 16.9. The van der Waals surface area contributed by atoms with Crippen LogP contribution in [0.25, 0.3) is 0 Å². The smallest absolute Gasteiger partial charge is 0.333 e. The van der Waals surface area contributed by atoms with Gasteiger partial charge in [-0.05, 0) is 105 Å². The molecule has 0 aromatic carbocycles. The molecule has 3 unspecified atom stereocenters. The van der Waals surface area contributed by atoms with Crippen LogP contribution in [0.3, 0.4) is 0 Å². The maximum absolute atomic E-state index is 12.7. The van der Waals surface area contributed by atoms with Crippen molar-refractivity contribution in [2.75, 3.05) is 52.6 Å². The molecule has 0 radical (unpaired) electrons. The van der Waals surface area contributed by atoms with Crippen molar-refractivity contribution in [3.8, 4) is 0 Å². The van der Waals surface area contributed by atoms with Gasteiger partial charge >= 0.3 is 11.9 Å². The maximum atomic E-state index is 12.7. The standard InChI is InChI=1S/C24H42N2O5.C14H23NO4.C8H13NO/c1-5-20(26-15-11-7-9-13-22(26)28)18-24(3,4)23(29)31-17-16-30-19(2)25-14-10-6-8-12-21(25)27;1-11(2)14(17)19-10-9-18-12(3)15-8-6-4-5-7-13(15)16;1-2-9-7-5-3-4-6-8(9)10/h19-20H,5-18H2,1-4H3;12H,1,4-10H2,2-3H3;2H,1,3-7H2. The highest BCUT2D eigenvalue weighted by Crippen LogP contribution is 2.30. The van der Waals surface area contributed by atoms with E-state index in [1.54, 1.807) is 27.8 Å². The quantitative estimate of drug-likeness (QED) is 0.0829. The zero-order valence-corrected chi connectivity index (χ0v) is 38.0. The Morgan fingerprint density at radius 2 is 1.05 bits per heavy atom. The summed E-state index contributed by atoms with van der Waals surface area (Å²) in [5, 5.41) is 0. The Labute approximate surface area is 360 Å². The Morgan fingerprint density at radius 3 is 1.50 bits per heavy atom. The first-order valence-corrected chi connectivity index (χ1v) is 22.7. The molecule has 3 atom stereocenters. The molecule has 4 aliphatic rings. The van der Waals surface area contributed by atoms with Gasteiger partial charge in [0.2, 0.25) is 23.6 Å². The summed E-state index contributed by atoms with van der Waals surface area (Å²) in [7, 11) is 0. The first-order valence-electron chi connectivity index (χ1n) is 22.7. The second-order valence-electron chi connectivity index (χ2n) is 16.9. The maximum Gasteiger partial charge on any atom is 0.333 e. The molecule has 4 amide bonds. The molecule has 0 bridgehead atoms. The number of carbonyl (C=O) groups excluding carboxylic acids is 6. The number of likely N-dealkylation sites (tertiary alicyclic amines) is 4. The van der Waals surface area contributed by atoms with Crippen LogP contribution in [0.15, 0.2) is 24.9 Å². The molecule has 0 saturated carbocycles. The Morgan fingerprint density at radius 1 is 0.633 bits per heavy atom. The number of nitrogens with zero attached hydrogens (tertiary/aromatic N) is 4. The fourth-order valence-electron chi connectivity index (χ4n) is 7.71. The van der Waals surface area contributed by atoms with E-state index in [4.69, 9.17) is 18.9 Å². The van der Waals surface area contributed by atoms with Crippen molar-refractivity contribution in [2.24, 2.45) is 5.41 Å². The molecular formula is C46H78N4O10. The third-order valence-electron chi connectivity index (χ3n) is 11.4. The minimum absolute atomic E-state index is 0.0541. The van der Waals surface area contributed by atoms with Gasteiger partial charge in [0.1, 0.15) is 25.7 Å². The number of carbonyl (C=O) groups is 6. The van der Waals surface area contributed by atoms with Crippen molar-refractivity contribution < 1.29 is 47.7 Å². The molecule has 4 aliphatic heterocycles. The van der Waals surface area contributed by atoms with E-state index in [0.717, 1.165) is 103 Å². The molecule has 0 N–H and O–H groups in total. The molecule has 60 heavy (non-hydrogen) atoms. The van der Waals surface area contributed by atoms with Gasteiger partial charge in [0.15, 0.2) is 0 Å². The SMILES string of the molecule is C=C(C)C(=O)OCCOC(C)N1CCCCCC1=O.C=CN1CCCCCC1=O.CCC(CC(C)(C)C(=O)OCCOC(C)N1CCCCCC1=O)N1CCCCCC1=O. The van der Waals surface area contributed by atoms with Crippen molar-refractivity contribution in [2.45, 2.75) is 176 Å². The Balaban J connectivity index is 0.000000359. The number of amides is 4. The zero-order chi connectivity index (χ0) is 44.5. The van der Waals surface area contributed by atoms with E-state index in [9.17, 15) is 28.8 Å². The van der Waals surface area contributed by atoms with Crippen LogP contribution in [0.2, 0.25) is 0 Å². The zero-order valence-electron chi connectivity index (χ0n) is 38.0. The molecule has 0 aliphatic carbocycles. The summed E-state index contributed by atoms with van der Waals surface area (Å²) >= 11 is 0. The van der Waals surface area contributed by atoms with Gasteiger partial charge in [0.05, 0.1) is 18.6 Å². The predicted molar refractivity (Wildman–Crippen MR) is 231 cm³/mol. The highest BCUT2D eigenvalue weighted by molar-refractivity contribution is 5.87. The van der Waals surface area contributed by atoms with E-state index < -0.39 is 11.4 Å². The number of rotatable bonds is 17. The third-order valence-corrected chi connectivity index (χ3v) is 11.4. The van der Waals surface area contributed by atoms with E-state index in [0.29, 0.717) is 37.7 Å². The van der Waals surface area contributed by atoms with Crippen molar-refractivity contribution in [1.29, 1.82) is 0 Å². The Kier molecular flexibility index (Phi) is 25.0. The van der Waals surface area contributed by atoms with Gasteiger partial charge in [-0.15, -0.1) is 0 Å². The summed E-state index contributed by atoms with van der Waals surface area (Å²) in [5.41, 5.74) is -0.310. The lowest BCUT2D eigenvalue weighted by Gasteiger charge is -2.35. The highest BCUT2D eigenvalue weighted by Gasteiger charge is 2.36. The molecule has 342 valence electrons. The van der Waals surface area contributed by atoms with Crippen LogP contribution in [-0.2, 0) is 47.7 Å². The minimum atomic E-state index is -0.681. The van der Waals surface area contributed by atoms with Gasteiger partial charge in [-0.3, -0.25) is 24.0 Å². The lowest BCUT2D eigenvalue weighted by molar-refractivity contribution is -0.161. The topological polar surface area (TPSA) is 152 Å². The van der Waals surface area contributed by atoms with Gasteiger partial charge in [-0.25, -0.2) is 4.79 Å². The highest BCUT2D eigenvalue weighted by atomic mass is 16.6. The van der Waals surface area contributed by atoms with Crippen LogP contribution >= 0.6 is 0 Å². The van der Waals surface area contributed by atoms with Crippen LogP contribution in [0.5, 0.6) is 0 Å². The molecule has 4 fully saturated rings. The van der Waals surface area contributed by atoms with Gasteiger partial charge in [0, 0.05) is 63.5 Å². The van der Waals surface area contributed by atoms with Gasteiger partial charge in [0.25, 0.3) is 0 Å². The van der Waals surface area contributed by atoms with E-state index in [1.165, 1.54) is 6.42 Å². The van der Waals surface area contributed by atoms with Crippen molar-refractivity contribution in [3.05, 3.63) is 24.9 Å². The average molecular weight is 847 g/mol. The van der Waals surface area contributed by atoms with E-state index in [-0.39, 0.29) is 74.5 Å². The molecule has 14 heteroatoms. The predicted octanol–water partition coefficient (Wildman–Crippen LogP) is 7.30. The molecule has 0 aromatic rings. The van der Waals surface area contributed by atoms with Crippen LogP contribution in [0.1, 0.15) is 157 Å². The molecule has 4 saturated heterocycles. The van der Waals surface area contributed by atoms with Crippen molar-refractivity contribution >= 4 is 35.6 Å². The summed E-state index contributed by atoms with van der Waals surface area (Å²) in [5.74, 6) is 0.0321. The summed E-state index contributed by atoms with van der Waals surface area (Å²) in [4.78, 5) is 78.7. The largest absolute Gasteiger partial charge is 0.463 e. The lowest BCUT2D eigenvalue weighted by atomic mass is 9.84. The summed E-state index contributed by atoms with van der Waals surface area (Å²) in [6.45, 7) is 22.2. The molecule has 0 aromatic heterocycles. The molecular weight excluding hydrogens is 769 g/mol.